The standard InChI is InChI=1S/C22H18N4O2/c1-2-28-21(27)16-11-7-6-10-15(16)17-12-13-18-20(24-17)19(26-22(23)25-18)14-8-4-3-5-9-14/h3-13H,2H2,1H3,(H2,23,25,26). The Morgan fingerprint density at radius 2 is 1.68 bits per heavy atom. The summed E-state index contributed by atoms with van der Waals surface area (Å²) in [5, 5.41) is 0. The summed E-state index contributed by atoms with van der Waals surface area (Å²) in [6, 6.07) is 20.6. The van der Waals surface area contributed by atoms with Gasteiger partial charge in [-0.25, -0.2) is 19.7 Å². The number of hydrogen-bond acceptors (Lipinski definition) is 6. The molecule has 0 spiro atoms. The van der Waals surface area contributed by atoms with Crippen LogP contribution in [0.2, 0.25) is 0 Å². The van der Waals surface area contributed by atoms with E-state index >= 15 is 0 Å². The van der Waals surface area contributed by atoms with Crippen molar-refractivity contribution in [3.8, 4) is 22.5 Å². The Balaban J connectivity index is 1.92. The number of rotatable bonds is 4. The molecule has 6 nitrogen and oxygen atoms in total. The highest BCUT2D eigenvalue weighted by molar-refractivity contribution is 5.98. The van der Waals surface area contributed by atoms with Gasteiger partial charge >= 0.3 is 5.97 Å². The van der Waals surface area contributed by atoms with E-state index in [4.69, 9.17) is 15.5 Å². The topological polar surface area (TPSA) is 91.0 Å². The molecule has 0 radical (unpaired) electrons. The van der Waals surface area contributed by atoms with Crippen molar-refractivity contribution in [1.82, 2.24) is 15.0 Å². The SMILES string of the molecule is CCOC(=O)c1ccccc1-c1ccc2nc(N)nc(-c3ccccc3)c2n1. The fraction of sp³-hybridized carbons (Fsp3) is 0.0909. The molecule has 0 atom stereocenters. The van der Waals surface area contributed by atoms with Gasteiger partial charge in [-0.3, -0.25) is 0 Å². The van der Waals surface area contributed by atoms with E-state index in [0.29, 0.717) is 40.2 Å². The van der Waals surface area contributed by atoms with Gasteiger partial charge in [-0.1, -0.05) is 48.5 Å². The Morgan fingerprint density at radius 1 is 0.929 bits per heavy atom. The average Bonchev–Trinajstić information content (AvgIpc) is 2.73. The number of fused-ring (bicyclic) bond motifs is 1. The molecule has 0 fully saturated rings. The molecule has 0 aliphatic carbocycles. The summed E-state index contributed by atoms with van der Waals surface area (Å²) in [4.78, 5) is 25.8. The van der Waals surface area contributed by atoms with Crippen molar-refractivity contribution in [3.05, 3.63) is 72.3 Å². The van der Waals surface area contributed by atoms with Gasteiger partial charge in [-0.15, -0.1) is 0 Å². The summed E-state index contributed by atoms with van der Waals surface area (Å²) in [6.07, 6.45) is 0. The second-order valence-electron chi connectivity index (χ2n) is 6.13. The second kappa shape index (κ2) is 7.44. The van der Waals surface area contributed by atoms with Gasteiger partial charge in [0, 0.05) is 11.1 Å². The molecule has 138 valence electrons. The predicted molar refractivity (Wildman–Crippen MR) is 109 cm³/mol. The first-order valence-corrected chi connectivity index (χ1v) is 8.93. The maximum Gasteiger partial charge on any atom is 0.338 e. The van der Waals surface area contributed by atoms with Crippen molar-refractivity contribution in [3.63, 3.8) is 0 Å². The molecule has 0 saturated carbocycles. The molecule has 2 aromatic carbocycles. The van der Waals surface area contributed by atoms with E-state index in [1.165, 1.54) is 0 Å². The van der Waals surface area contributed by atoms with Crippen LogP contribution in [0.3, 0.4) is 0 Å². The fourth-order valence-electron chi connectivity index (χ4n) is 3.07. The molecule has 0 bridgehead atoms. The molecule has 0 unspecified atom stereocenters. The molecule has 2 aromatic heterocycles. The van der Waals surface area contributed by atoms with Crippen LogP contribution >= 0.6 is 0 Å². The number of anilines is 1. The minimum atomic E-state index is -0.378. The predicted octanol–water partition coefficient (Wildman–Crippen LogP) is 4.12. The Labute approximate surface area is 162 Å². The van der Waals surface area contributed by atoms with Crippen LogP contribution in [0.15, 0.2) is 66.7 Å². The van der Waals surface area contributed by atoms with Crippen molar-refractivity contribution in [2.45, 2.75) is 6.92 Å². The molecule has 2 N–H and O–H groups in total. The first-order chi connectivity index (χ1) is 13.7. The van der Waals surface area contributed by atoms with Crippen LogP contribution in [0, 0.1) is 0 Å². The molecule has 28 heavy (non-hydrogen) atoms. The number of carbonyl (C=O) groups is 1. The van der Waals surface area contributed by atoms with Gasteiger partial charge in [0.2, 0.25) is 5.95 Å². The lowest BCUT2D eigenvalue weighted by molar-refractivity contribution is 0.0527. The highest BCUT2D eigenvalue weighted by Crippen LogP contribution is 2.29. The third-order valence-electron chi connectivity index (χ3n) is 4.31. The monoisotopic (exact) mass is 370 g/mol. The van der Waals surface area contributed by atoms with E-state index in [1.54, 1.807) is 19.1 Å². The lowest BCUT2D eigenvalue weighted by Gasteiger charge is -2.11. The second-order valence-corrected chi connectivity index (χ2v) is 6.13. The van der Waals surface area contributed by atoms with E-state index in [-0.39, 0.29) is 11.9 Å². The Kier molecular flexibility index (Phi) is 4.68. The molecular formula is C22H18N4O2. The fourth-order valence-corrected chi connectivity index (χ4v) is 3.07. The summed E-state index contributed by atoms with van der Waals surface area (Å²) in [5.41, 5.74) is 10.5. The molecule has 4 rings (SSSR count). The molecule has 0 amide bonds. The summed E-state index contributed by atoms with van der Waals surface area (Å²) in [6.45, 7) is 2.09. The Hall–Kier alpha value is -3.80. The molecule has 4 aromatic rings. The van der Waals surface area contributed by atoms with Crippen LogP contribution in [-0.2, 0) is 4.74 Å². The highest BCUT2D eigenvalue weighted by Gasteiger charge is 2.16. The van der Waals surface area contributed by atoms with Crippen LogP contribution in [0.5, 0.6) is 0 Å². The third kappa shape index (κ3) is 3.27. The van der Waals surface area contributed by atoms with Crippen molar-refractivity contribution in [2.24, 2.45) is 0 Å². The van der Waals surface area contributed by atoms with E-state index in [0.717, 1.165) is 5.56 Å². The van der Waals surface area contributed by atoms with Crippen molar-refractivity contribution in [2.75, 3.05) is 12.3 Å². The van der Waals surface area contributed by atoms with Crippen LogP contribution < -0.4 is 5.73 Å². The first-order valence-electron chi connectivity index (χ1n) is 8.93. The first kappa shape index (κ1) is 17.6. The minimum Gasteiger partial charge on any atom is -0.462 e. The number of nitrogens with two attached hydrogens (primary N) is 1. The largest absolute Gasteiger partial charge is 0.462 e. The minimum absolute atomic E-state index is 0.188. The maximum absolute atomic E-state index is 12.3. The average molecular weight is 370 g/mol. The van der Waals surface area contributed by atoms with Crippen LogP contribution in [-0.4, -0.2) is 27.5 Å². The number of aromatic nitrogens is 3. The summed E-state index contributed by atoms with van der Waals surface area (Å²) in [5.74, 6) is -0.190. The molecule has 2 heterocycles. The van der Waals surface area contributed by atoms with Gasteiger partial charge in [0.05, 0.1) is 23.4 Å². The van der Waals surface area contributed by atoms with Crippen molar-refractivity contribution in [1.29, 1.82) is 0 Å². The van der Waals surface area contributed by atoms with Gasteiger partial charge in [-0.2, -0.15) is 0 Å². The van der Waals surface area contributed by atoms with Gasteiger partial charge in [0.25, 0.3) is 0 Å². The van der Waals surface area contributed by atoms with Gasteiger partial charge in [-0.05, 0) is 25.1 Å². The maximum atomic E-state index is 12.3. The Morgan fingerprint density at radius 3 is 2.46 bits per heavy atom. The zero-order valence-electron chi connectivity index (χ0n) is 15.3. The highest BCUT2D eigenvalue weighted by atomic mass is 16.5. The Bertz CT molecular complexity index is 1160. The van der Waals surface area contributed by atoms with Crippen LogP contribution in [0.25, 0.3) is 33.5 Å². The van der Waals surface area contributed by atoms with Gasteiger partial charge < -0.3 is 10.5 Å². The summed E-state index contributed by atoms with van der Waals surface area (Å²) >= 11 is 0. The van der Waals surface area contributed by atoms with Gasteiger partial charge in [0.15, 0.2) is 0 Å². The number of benzene rings is 2. The van der Waals surface area contributed by atoms with Crippen LogP contribution in [0.1, 0.15) is 17.3 Å². The third-order valence-corrected chi connectivity index (χ3v) is 4.31. The number of carbonyl (C=O) groups excluding carboxylic acids is 1. The van der Waals surface area contributed by atoms with E-state index in [2.05, 4.69) is 9.97 Å². The zero-order valence-corrected chi connectivity index (χ0v) is 15.3. The summed E-state index contributed by atoms with van der Waals surface area (Å²) in [7, 11) is 0. The number of nitrogen functional groups attached to an aromatic ring is 1. The summed E-state index contributed by atoms with van der Waals surface area (Å²) < 4.78 is 5.18. The normalized spacial score (nSPS) is 10.8. The van der Waals surface area contributed by atoms with Crippen molar-refractivity contribution >= 4 is 23.0 Å². The molecular weight excluding hydrogens is 352 g/mol. The smallest absolute Gasteiger partial charge is 0.338 e. The number of esters is 1. The quantitative estimate of drug-likeness (QED) is 0.544. The van der Waals surface area contributed by atoms with E-state index in [1.807, 2.05) is 54.6 Å². The van der Waals surface area contributed by atoms with Crippen LogP contribution in [0.4, 0.5) is 5.95 Å². The van der Waals surface area contributed by atoms with Crippen molar-refractivity contribution < 1.29 is 9.53 Å². The molecule has 6 heteroatoms. The molecule has 0 aliphatic heterocycles. The number of pyridine rings is 1. The molecule has 0 saturated heterocycles. The van der Waals surface area contributed by atoms with Gasteiger partial charge in [0.1, 0.15) is 11.2 Å². The zero-order chi connectivity index (χ0) is 19.5. The van der Waals surface area contributed by atoms with E-state index in [9.17, 15) is 4.79 Å². The van der Waals surface area contributed by atoms with E-state index < -0.39 is 0 Å². The number of hydrogen-bond donors (Lipinski definition) is 1. The lowest BCUT2D eigenvalue weighted by Crippen LogP contribution is -2.07. The molecule has 0 aliphatic rings. The number of ether oxygens (including phenoxy) is 1. The lowest BCUT2D eigenvalue weighted by atomic mass is 10.0. The number of nitrogens with zero attached hydrogens (tertiary/aromatic N) is 3.